The molecule has 2 heterocycles. The highest BCUT2D eigenvalue weighted by Crippen LogP contribution is 2.16. The SMILES string of the molecule is C[C@@H](C(=O)Nc1ccc(N2CCOCC2)nc1)S(C)(=O)=O. The maximum atomic E-state index is 11.8. The van der Waals surface area contributed by atoms with Crippen LogP contribution in [0.3, 0.4) is 0 Å². The second kappa shape index (κ2) is 6.40. The molecule has 1 fully saturated rings. The predicted octanol–water partition coefficient (Wildman–Crippen LogP) is 0.290. The molecule has 2 rings (SSSR count). The number of pyridine rings is 1. The quantitative estimate of drug-likeness (QED) is 0.859. The zero-order valence-corrected chi connectivity index (χ0v) is 12.9. The number of nitrogens with zero attached hydrogens (tertiary/aromatic N) is 2. The Kier molecular flexibility index (Phi) is 4.79. The molecule has 1 saturated heterocycles. The van der Waals surface area contributed by atoms with Crippen LogP contribution in [0.5, 0.6) is 0 Å². The Morgan fingerprint density at radius 3 is 2.57 bits per heavy atom. The molecule has 0 bridgehead atoms. The van der Waals surface area contributed by atoms with Crippen LogP contribution < -0.4 is 10.2 Å². The Labute approximate surface area is 124 Å². The Morgan fingerprint density at radius 2 is 2.05 bits per heavy atom. The van der Waals surface area contributed by atoms with E-state index >= 15 is 0 Å². The van der Waals surface area contributed by atoms with E-state index in [1.165, 1.54) is 13.1 Å². The van der Waals surface area contributed by atoms with Gasteiger partial charge in [0.1, 0.15) is 11.1 Å². The van der Waals surface area contributed by atoms with Gasteiger partial charge in [0.05, 0.1) is 25.1 Å². The van der Waals surface area contributed by atoms with Gasteiger partial charge in [-0.05, 0) is 19.1 Å². The summed E-state index contributed by atoms with van der Waals surface area (Å²) in [5.41, 5.74) is 0.479. The monoisotopic (exact) mass is 313 g/mol. The van der Waals surface area contributed by atoms with Crippen molar-refractivity contribution in [2.45, 2.75) is 12.2 Å². The topological polar surface area (TPSA) is 88.6 Å². The second-order valence-corrected chi connectivity index (χ2v) is 7.33. The molecule has 0 radical (unpaired) electrons. The number of carbonyl (C=O) groups is 1. The van der Waals surface area contributed by atoms with Crippen molar-refractivity contribution in [3.63, 3.8) is 0 Å². The van der Waals surface area contributed by atoms with Crippen molar-refractivity contribution in [1.82, 2.24) is 4.98 Å². The number of morpholine rings is 1. The number of hydrogen-bond acceptors (Lipinski definition) is 6. The fourth-order valence-electron chi connectivity index (χ4n) is 1.88. The van der Waals surface area contributed by atoms with Crippen molar-refractivity contribution in [3.8, 4) is 0 Å². The summed E-state index contributed by atoms with van der Waals surface area (Å²) in [4.78, 5) is 18.2. The summed E-state index contributed by atoms with van der Waals surface area (Å²) >= 11 is 0. The zero-order valence-electron chi connectivity index (χ0n) is 12.1. The standard InChI is InChI=1S/C13H19N3O4S/c1-10(21(2,18)19)13(17)15-11-3-4-12(14-9-11)16-5-7-20-8-6-16/h3-4,9-10H,5-8H2,1-2H3,(H,15,17)/t10-/m0/s1. The molecule has 0 aliphatic carbocycles. The molecule has 21 heavy (non-hydrogen) atoms. The van der Waals surface area contributed by atoms with Gasteiger partial charge in [-0.3, -0.25) is 4.79 Å². The van der Waals surface area contributed by atoms with Gasteiger partial charge in [-0.25, -0.2) is 13.4 Å². The summed E-state index contributed by atoms with van der Waals surface area (Å²) in [6, 6.07) is 3.51. The fraction of sp³-hybridized carbons (Fsp3) is 0.538. The van der Waals surface area contributed by atoms with E-state index in [9.17, 15) is 13.2 Å². The van der Waals surface area contributed by atoms with Crippen molar-refractivity contribution in [1.29, 1.82) is 0 Å². The number of rotatable bonds is 4. The van der Waals surface area contributed by atoms with Crippen molar-refractivity contribution < 1.29 is 17.9 Å². The number of carbonyl (C=O) groups excluding carboxylic acids is 1. The highest BCUT2D eigenvalue weighted by atomic mass is 32.2. The summed E-state index contributed by atoms with van der Waals surface area (Å²) in [6.07, 6.45) is 2.56. The minimum Gasteiger partial charge on any atom is -0.378 e. The van der Waals surface area contributed by atoms with Crippen LogP contribution in [0.4, 0.5) is 11.5 Å². The van der Waals surface area contributed by atoms with Crippen LogP contribution >= 0.6 is 0 Å². The zero-order chi connectivity index (χ0) is 15.5. The van der Waals surface area contributed by atoms with Crippen LogP contribution in [0, 0.1) is 0 Å². The highest BCUT2D eigenvalue weighted by molar-refractivity contribution is 7.92. The maximum absolute atomic E-state index is 11.8. The molecular formula is C13H19N3O4S. The molecule has 116 valence electrons. The van der Waals surface area contributed by atoms with Gasteiger partial charge in [-0.2, -0.15) is 0 Å². The average Bonchev–Trinajstić information content (AvgIpc) is 2.47. The minimum absolute atomic E-state index is 0.479. The van der Waals surface area contributed by atoms with Gasteiger partial charge in [0.2, 0.25) is 5.91 Å². The molecule has 0 saturated carbocycles. The molecular weight excluding hydrogens is 294 g/mol. The van der Waals surface area contributed by atoms with Gasteiger partial charge in [0.15, 0.2) is 9.84 Å². The van der Waals surface area contributed by atoms with E-state index in [2.05, 4.69) is 15.2 Å². The lowest BCUT2D eigenvalue weighted by Crippen LogP contribution is -2.36. The lowest BCUT2D eigenvalue weighted by Gasteiger charge is -2.27. The van der Waals surface area contributed by atoms with Crippen LogP contribution in [0.25, 0.3) is 0 Å². The largest absolute Gasteiger partial charge is 0.378 e. The lowest BCUT2D eigenvalue weighted by molar-refractivity contribution is -0.115. The van der Waals surface area contributed by atoms with Crippen LogP contribution in [-0.2, 0) is 19.4 Å². The summed E-state index contributed by atoms with van der Waals surface area (Å²) in [7, 11) is -3.40. The predicted molar refractivity (Wildman–Crippen MR) is 80.2 cm³/mol. The first-order chi connectivity index (χ1) is 9.88. The van der Waals surface area contributed by atoms with Gasteiger partial charge in [-0.15, -0.1) is 0 Å². The molecule has 1 aromatic rings. The molecule has 1 atom stereocenters. The normalized spacial score (nSPS) is 17.3. The number of aromatic nitrogens is 1. The van der Waals surface area contributed by atoms with E-state index in [0.717, 1.165) is 25.2 Å². The first kappa shape index (κ1) is 15.7. The summed E-state index contributed by atoms with van der Waals surface area (Å²) in [5.74, 6) is 0.255. The third-order valence-electron chi connectivity index (χ3n) is 3.36. The van der Waals surface area contributed by atoms with E-state index in [0.29, 0.717) is 18.9 Å². The third kappa shape index (κ3) is 4.15. The molecule has 0 unspecified atom stereocenters. The summed E-state index contributed by atoms with van der Waals surface area (Å²) < 4.78 is 27.9. The summed E-state index contributed by atoms with van der Waals surface area (Å²) in [5, 5.41) is 1.47. The second-order valence-electron chi connectivity index (χ2n) is 4.97. The van der Waals surface area contributed by atoms with Crippen molar-refractivity contribution in [2.24, 2.45) is 0 Å². The molecule has 1 N–H and O–H groups in total. The van der Waals surface area contributed by atoms with Gasteiger partial charge >= 0.3 is 0 Å². The number of nitrogens with one attached hydrogen (secondary N) is 1. The van der Waals surface area contributed by atoms with Gasteiger partial charge < -0.3 is 15.0 Å². The molecule has 0 spiro atoms. The van der Waals surface area contributed by atoms with Crippen LogP contribution in [0.15, 0.2) is 18.3 Å². The van der Waals surface area contributed by atoms with E-state index in [4.69, 9.17) is 4.74 Å². The molecule has 1 aliphatic heterocycles. The summed E-state index contributed by atoms with van der Waals surface area (Å²) in [6.45, 7) is 4.27. The number of anilines is 2. The molecule has 8 heteroatoms. The average molecular weight is 313 g/mol. The van der Waals surface area contributed by atoms with Crippen LogP contribution in [0.2, 0.25) is 0 Å². The number of ether oxygens (including phenoxy) is 1. The molecule has 0 aromatic carbocycles. The van der Waals surface area contributed by atoms with Crippen LogP contribution in [0.1, 0.15) is 6.92 Å². The van der Waals surface area contributed by atoms with E-state index in [-0.39, 0.29) is 0 Å². The van der Waals surface area contributed by atoms with Crippen molar-refractivity contribution >= 4 is 27.2 Å². The minimum atomic E-state index is -3.40. The number of sulfone groups is 1. The van der Waals surface area contributed by atoms with Crippen molar-refractivity contribution in [2.75, 3.05) is 42.8 Å². The smallest absolute Gasteiger partial charge is 0.242 e. The molecule has 1 aliphatic rings. The van der Waals surface area contributed by atoms with Gasteiger partial charge in [0, 0.05) is 19.3 Å². The molecule has 1 amide bonds. The molecule has 7 nitrogen and oxygen atoms in total. The van der Waals surface area contributed by atoms with E-state index < -0.39 is 21.0 Å². The van der Waals surface area contributed by atoms with Gasteiger partial charge in [0.25, 0.3) is 0 Å². The Balaban J connectivity index is 2.00. The number of amides is 1. The van der Waals surface area contributed by atoms with Crippen LogP contribution in [-0.4, -0.2) is 57.1 Å². The third-order valence-corrected chi connectivity index (χ3v) is 4.86. The Morgan fingerprint density at radius 1 is 1.38 bits per heavy atom. The first-order valence-electron chi connectivity index (χ1n) is 6.66. The highest BCUT2D eigenvalue weighted by Gasteiger charge is 2.23. The van der Waals surface area contributed by atoms with E-state index in [1.807, 2.05) is 0 Å². The Hall–Kier alpha value is -1.67. The first-order valence-corrected chi connectivity index (χ1v) is 8.62. The fourth-order valence-corrected chi connectivity index (χ4v) is 2.33. The maximum Gasteiger partial charge on any atom is 0.242 e. The lowest BCUT2D eigenvalue weighted by atomic mass is 10.3. The van der Waals surface area contributed by atoms with E-state index in [1.54, 1.807) is 12.1 Å². The van der Waals surface area contributed by atoms with Crippen molar-refractivity contribution in [3.05, 3.63) is 18.3 Å². The molecule has 1 aromatic heterocycles. The van der Waals surface area contributed by atoms with Gasteiger partial charge in [-0.1, -0.05) is 0 Å². The number of hydrogen-bond donors (Lipinski definition) is 1. The Bertz CT molecular complexity index is 594.